The van der Waals surface area contributed by atoms with E-state index in [1.54, 1.807) is 6.92 Å². The van der Waals surface area contributed by atoms with E-state index in [0.29, 0.717) is 18.4 Å². The normalized spacial score (nSPS) is 49.7. The first kappa shape index (κ1) is 49.0. The number of Topliss-reactive ketones (excluding diaryl/α,β-unsaturated/α-hetero) is 5. The van der Waals surface area contributed by atoms with Gasteiger partial charge in [-0.25, -0.2) is 0 Å². The Labute approximate surface area is 416 Å². The molecule has 21 unspecified atom stereocenters. The number of aliphatic hydroxyl groups is 3. The van der Waals surface area contributed by atoms with Gasteiger partial charge in [0.2, 0.25) is 23.4 Å². The third-order valence-electron chi connectivity index (χ3n) is 20.7. The molecular weight excluding hydrogens is 905 g/mol. The van der Waals surface area contributed by atoms with Gasteiger partial charge in [0.25, 0.3) is 0 Å². The molecule has 5 saturated heterocycles. The molecule has 0 aromatic heterocycles. The van der Waals surface area contributed by atoms with E-state index >= 15 is 28.8 Å². The number of aliphatic hydroxyl groups excluding tert-OH is 1. The molecule has 11 rings (SSSR count). The van der Waals surface area contributed by atoms with E-state index in [4.69, 9.17) is 9.47 Å². The first-order valence-corrected chi connectivity index (χ1v) is 26.5. The van der Waals surface area contributed by atoms with E-state index in [9.17, 15) is 20.1 Å². The van der Waals surface area contributed by atoms with Gasteiger partial charge in [-0.2, -0.15) is 0 Å². The van der Waals surface area contributed by atoms with Crippen molar-refractivity contribution >= 4 is 40.7 Å². The minimum absolute atomic E-state index is 0.000866. The van der Waals surface area contributed by atoms with Crippen LogP contribution in [0.25, 0.3) is 0 Å². The van der Waals surface area contributed by atoms with Crippen LogP contribution in [0.3, 0.4) is 0 Å². The summed E-state index contributed by atoms with van der Waals surface area (Å²) in [5.41, 5.74) is -5.99. The fraction of sp³-hybridized carbons (Fsp3) is 0.702. The predicted molar refractivity (Wildman–Crippen MR) is 257 cm³/mol. The standard InChI is InChI=1S/C57H72N2O12/c1-22(2)16-33-39-28(9)26(7)20-31-18-25(6)13-15-36(61)45-38-37(48(64)53(31,39)51(66)58-33)46-41-30(11)47(63)56(68)42-43(55(41,50(38)70-46)57(56,69)71-45)49(65)54-32(19-24(5)12-14-35(60)44(42)62)21-27(8)29(10)40(54)34(17-23(3)4)59-52(54)67/h18-23,28-29,31-34,36-40,42-43,45-46,50,61,68-69H,12-17H2,1-11H3,(H,58,66)(H,59,67). The molecule has 21 atom stereocenters. The molecule has 6 fully saturated rings. The van der Waals surface area contributed by atoms with Crippen molar-refractivity contribution in [2.75, 3.05) is 0 Å². The molecule has 71 heavy (non-hydrogen) atoms. The van der Waals surface area contributed by atoms with Crippen molar-refractivity contribution < 1.29 is 58.4 Å². The lowest BCUT2D eigenvalue weighted by Gasteiger charge is -2.62. The number of hydrogen-bond donors (Lipinski definition) is 5. The number of ketones is 5. The van der Waals surface area contributed by atoms with Crippen molar-refractivity contribution in [1.82, 2.24) is 10.6 Å². The lowest BCUT2D eigenvalue weighted by Crippen LogP contribution is -2.78. The molecule has 4 bridgehead atoms. The molecule has 1 saturated carbocycles. The molecule has 5 heterocycles. The summed E-state index contributed by atoms with van der Waals surface area (Å²) in [4.78, 5) is 110. The quantitative estimate of drug-likeness (QED) is 0.146. The second-order valence-electron chi connectivity index (χ2n) is 25.1. The summed E-state index contributed by atoms with van der Waals surface area (Å²) in [5, 5.41) is 46.7. The predicted octanol–water partition coefficient (Wildman–Crippen LogP) is 4.79. The number of allylic oxidation sites excluding steroid dienone is 8. The highest BCUT2D eigenvalue weighted by atomic mass is 16.7. The molecule has 11 aliphatic rings. The second-order valence-corrected chi connectivity index (χ2v) is 25.1. The van der Waals surface area contributed by atoms with Crippen molar-refractivity contribution in [3.05, 3.63) is 57.7 Å². The van der Waals surface area contributed by atoms with Crippen LogP contribution >= 0.6 is 0 Å². The van der Waals surface area contributed by atoms with Gasteiger partial charge in [0.15, 0.2) is 28.7 Å². The van der Waals surface area contributed by atoms with Crippen molar-refractivity contribution in [1.29, 1.82) is 0 Å². The van der Waals surface area contributed by atoms with Gasteiger partial charge in [0.05, 0.1) is 41.7 Å². The summed E-state index contributed by atoms with van der Waals surface area (Å²) >= 11 is 0. The highest BCUT2D eigenvalue weighted by Crippen LogP contribution is 2.80. The van der Waals surface area contributed by atoms with Crippen LogP contribution in [0.2, 0.25) is 0 Å². The van der Waals surface area contributed by atoms with Gasteiger partial charge in [-0.1, -0.05) is 88.1 Å². The molecule has 2 amide bonds. The molecule has 6 aliphatic carbocycles. The van der Waals surface area contributed by atoms with E-state index in [1.807, 2.05) is 72.8 Å². The number of rotatable bonds is 4. The first-order chi connectivity index (χ1) is 33.3. The van der Waals surface area contributed by atoms with Crippen LogP contribution in [0, 0.1) is 87.3 Å². The monoisotopic (exact) mass is 977 g/mol. The first-order valence-electron chi connectivity index (χ1n) is 26.5. The Morgan fingerprint density at radius 2 is 1.23 bits per heavy atom. The zero-order valence-electron chi connectivity index (χ0n) is 43.0. The summed E-state index contributed by atoms with van der Waals surface area (Å²) in [6.07, 6.45) is 2.99. The third-order valence-corrected chi connectivity index (χ3v) is 20.7. The molecule has 14 heteroatoms. The van der Waals surface area contributed by atoms with E-state index in [-0.39, 0.29) is 66.5 Å². The van der Waals surface area contributed by atoms with Crippen LogP contribution in [0.15, 0.2) is 57.7 Å². The smallest absolute Gasteiger partial charge is 0.235 e. The molecule has 5 N–H and O–H groups in total. The molecule has 14 nitrogen and oxygen atoms in total. The van der Waals surface area contributed by atoms with Crippen molar-refractivity contribution in [3.63, 3.8) is 0 Å². The number of ether oxygens (including phenoxy) is 2. The summed E-state index contributed by atoms with van der Waals surface area (Å²) < 4.78 is 14.1. The van der Waals surface area contributed by atoms with E-state index in [2.05, 4.69) is 24.5 Å². The van der Waals surface area contributed by atoms with Crippen molar-refractivity contribution in [2.24, 2.45) is 87.3 Å². The Bertz CT molecular complexity index is 2670. The zero-order chi connectivity index (χ0) is 51.3. The van der Waals surface area contributed by atoms with E-state index < -0.39 is 146 Å². The third kappa shape index (κ3) is 5.59. The average Bonchev–Trinajstić information content (AvgIpc) is 4.04. The molecule has 0 radical (unpaired) electrons. The van der Waals surface area contributed by atoms with Crippen molar-refractivity contribution in [2.45, 2.75) is 163 Å². The van der Waals surface area contributed by atoms with Crippen LogP contribution in [0.4, 0.5) is 0 Å². The number of carbonyl (C=O) groups excluding carboxylic acids is 7. The Morgan fingerprint density at radius 3 is 1.76 bits per heavy atom. The fourth-order valence-electron chi connectivity index (χ4n) is 17.9. The van der Waals surface area contributed by atoms with Gasteiger partial charge in [-0.3, -0.25) is 33.6 Å². The summed E-state index contributed by atoms with van der Waals surface area (Å²) in [7, 11) is 0. The van der Waals surface area contributed by atoms with E-state index in [1.165, 1.54) is 6.92 Å². The average molecular weight is 977 g/mol. The Hall–Kier alpha value is -4.21. The highest BCUT2D eigenvalue weighted by Gasteiger charge is 2.96. The van der Waals surface area contributed by atoms with Gasteiger partial charge >= 0.3 is 0 Å². The molecular formula is C57H72N2O12. The van der Waals surface area contributed by atoms with Gasteiger partial charge in [0.1, 0.15) is 10.8 Å². The van der Waals surface area contributed by atoms with Gasteiger partial charge in [-0.15, -0.1) is 0 Å². The largest absolute Gasteiger partial charge is 0.390 e. The number of fused-ring (bicyclic) bond motifs is 5. The second kappa shape index (κ2) is 15.7. The Kier molecular flexibility index (Phi) is 10.8. The summed E-state index contributed by atoms with van der Waals surface area (Å²) in [6.45, 7) is 21.3. The maximum Gasteiger partial charge on any atom is 0.235 e. The maximum absolute atomic E-state index is 17.2. The molecule has 382 valence electrons. The van der Waals surface area contributed by atoms with Gasteiger partial charge < -0.3 is 35.4 Å². The highest BCUT2D eigenvalue weighted by molar-refractivity contribution is 6.40. The van der Waals surface area contributed by atoms with Crippen LogP contribution in [0.5, 0.6) is 0 Å². The zero-order valence-corrected chi connectivity index (χ0v) is 43.0. The molecule has 0 aromatic rings. The Morgan fingerprint density at radius 1 is 0.704 bits per heavy atom. The fourth-order valence-corrected chi connectivity index (χ4v) is 17.9. The maximum atomic E-state index is 17.2. The number of amides is 2. The number of carbonyl (C=O) groups is 7. The molecule has 3 spiro atoms. The molecule has 0 aromatic carbocycles. The number of hydrogen-bond acceptors (Lipinski definition) is 12. The minimum Gasteiger partial charge on any atom is -0.390 e. The lowest BCUT2D eigenvalue weighted by molar-refractivity contribution is -0.383. The van der Waals surface area contributed by atoms with Crippen LogP contribution in [-0.4, -0.2) is 104 Å². The number of nitrogens with one attached hydrogen (secondary N) is 2. The lowest BCUT2D eigenvalue weighted by atomic mass is 9.44. The van der Waals surface area contributed by atoms with Gasteiger partial charge in [0, 0.05) is 54.0 Å². The minimum atomic E-state index is -3.30. The Balaban J connectivity index is 1.19. The molecule has 5 aliphatic heterocycles. The van der Waals surface area contributed by atoms with Crippen LogP contribution in [-0.2, 0) is 43.0 Å². The van der Waals surface area contributed by atoms with Crippen molar-refractivity contribution in [3.8, 4) is 0 Å². The van der Waals surface area contributed by atoms with Crippen LogP contribution < -0.4 is 10.6 Å². The van der Waals surface area contributed by atoms with Crippen LogP contribution in [0.1, 0.15) is 115 Å². The van der Waals surface area contributed by atoms with Gasteiger partial charge in [-0.05, 0) is 102 Å². The summed E-state index contributed by atoms with van der Waals surface area (Å²) in [5.74, 6) is -18.8. The SMILES string of the molecule is CC1=CC2C=C(C)C(C)C3C(CC(C)C)NC(=O)C23C(=O)C2C(C(=O)C(=O)CC1)C1(O)C(=O)C(C)=C3C4OC5C6C(OC1(O)C352)C(O)CCC(C)=CC1C=C(C)C(C)C2C(CC(C)C)NC(=O)C12C(=O)C46. The summed E-state index contributed by atoms with van der Waals surface area (Å²) in [6, 6.07) is -0.900. The van der Waals surface area contributed by atoms with E-state index in [0.717, 1.165) is 16.7 Å². The topological polar surface area (TPSA) is 223 Å².